The number of anilines is 2. The Bertz CT molecular complexity index is 1630. The van der Waals surface area contributed by atoms with Gasteiger partial charge in [0.05, 0.1) is 17.1 Å². The third kappa shape index (κ3) is 4.88. The van der Waals surface area contributed by atoms with Crippen molar-refractivity contribution < 1.29 is 14.3 Å². The number of ether oxygens (including phenoxy) is 1. The van der Waals surface area contributed by atoms with E-state index in [2.05, 4.69) is 32.2 Å². The summed E-state index contributed by atoms with van der Waals surface area (Å²) in [5.74, 6) is 1.48. The van der Waals surface area contributed by atoms with Crippen LogP contribution in [0.1, 0.15) is 44.1 Å². The Morgan fingerprint density at radius 3 is 2.75 bits per heavy atom. The minimum Gasteiger partial charge on any atom is -0.491 e. The van der Waals surface area contributed by atoms with Crippen LogP contribution in [0, 0.1) is 0 Å². The van der Waals surface area contributed by atoms with Gasteiger partial charge in [0.2, 0.25) is 0 Å². The topological polar surface area (TPSA) is 74.8 Å². The maximum Gasteiger partial charge on any atom is 0.276 e. The summed E-state index contributed by atoms with van der Waals surface area (Å²) < 4.78 is 6.96. The number of aromatic nitrogens is 1. The molecule has 7 nitrogen and oxygen atoms in total. The van der Waals surface area contributed by atoms with E-state index in [1.54, 1.807) is 6.07 Å². The number of amides is 2. The molecular formula is C31H27BrN4O3S. The lowest BCUT2D eigenvalue weighted by atomic mass is 10.1. The van der Waals surface area contributed by atoms with E-state index >= 15 is 0 Å². The lowest BCUT2D eigenvalue weighted by Crippen LogP contribution is -2.34. The molecule has 1 aliphatic carbocycles. The van der Waals surface area contributed by atoms with Crippen LogP contribution in [0.3, 0.4) is 0 Å². The highest BCUT2D eigenvalue weighted by Gasteiger charge is 2.30. The number of rotatable bonds is 4. The van der Waals surface area contributed by atoms with Gasteiger partial charge in [-0.05, 0) is 61.2 Å². The summed E-state index contributed by atoms with van der Waals surface area (Å²) in [5.41, 5.74) is 4.41. The Balaban J connectivity index is 1.17. The highest BCUT2D eigenvalue weighted by molar-refractivity contribution is 9.10. The van der Waals surface area contributed by atoms with Gasteiger partial charge in [0.1, 0.15) is 23.9 Å². The van der Waals surface area contributed by atoms with Crippen molar-refractivity contribution in [1.82, 2.24) is 10.3 Å². The molecule has 2 aromatic carbocycles. The number of hydrogen-bond acceptors (Lipinski definition) is 6. The van der Waals surface area contributed by atoms with Crippen LogP contribution in [0.4, 0.5) is 11.5 Å². The van der Waals surface area contributed by atoms with E-state index in [1.165, 1.54) is 11.3 Å². The maximum absolute atomic E-state index is 14.0. The Morgan fingerprint density at radius 2 is 1.88 bits per heavy atom. The van der Waals surface area contributed by atoms with Crippen LogP contribution in [-0.2, 0) is 13.0 Å². The Morgan fingerprint density at radius 1 is 1.00 bits per heavy atom. The number of pyridine rings is 1. The monoisotopic (exact) mass is 614 g/mol. The molecule has 1 fully saturated rings. The van der Waals surface area contributed by atoms with Crippen LogP contribution in [0.2, 0.25) is 0 Å². The fraction of sp³-hybridized carbons (Fsp3) is 0.258. The number of hydrogen-bond donors (Lipinski definition) is 1. The zero-order valence-corrected chi connectivity index (χ0v) is 24.1. The summed E-state index contributed by atoms with van der Waals surface area (Å²) in [5, 5.41) is 3.10. The van der Waals surface area contributed by atoms with Crippen molar-refractivity contribution in [3.8, 4) is 16.2 Å². The fourth-order valence-corrected chi connectivity index (χ4v) is 6.79. The molecule has 1 N–H and O–H groups in total. The van der Waals surface area contributed by atoms with E-state index in [-0.39, 0.29) is 11.8 Å². The largest absolute Gasteiger partial charge is 0.491 e. The molecule has 2 amide bonds. The van der Waals surface area contributed by atoms with Crippen LogP contribution < -0.4 is 19.9 Å². The molecular weight excluding hydrogens is 588 g/mol. The van der Waals surface area contributed by atoms with Gasteiger partial charge in [-0.1, -0.05) is 46.3 Å². The predicted octanol–water partition coefficient (Wildman–Crippen LogP) is 6.07. The van der Waals surface area contributed by atoms with Gasteiger partial charge in [-0.2, -0.15) is 0 Å². The van der Waals surface area contributed by atoms with Gasteiger partial charge in [-0.3, -0.25) is 9.59 Å². The minimum atomic E-state index is -0.133. The molecule has 202 valence electrons. The second-order valence-electron chi connectivity index (χ2n) is 10.3. The number of benzene rings is 2. The number of carbonyl (C=O) groups excluding carboxylic acids is 2. The average molecular weight is 616 g/mol. The first-order valence-electron chi connectivity index (χ1n) is 13.5. The molecule has 4 aromatic rings. The van der Waals surface area contributed by atoms with E-state index in [9.17, 15) is 9.59 Å². The van der Waals surface area contributed by atoms with Crippen molar-refractivity contribution in [3.05, 3.63) is 92.9 Å². The first-order valence-corrected chi connectivity index (χ1v) is 15.1. The standard InChI is InChI=1S/C31H27BrN4O3S/c32-21-9-8-20-18-35(14-15-39-26(20)17-21)28-7-3-5-24(34-28)31(38)36-13-12-19-16-27(30(37)33-22-10-11-22)40-29(19)23-4-1-2-6-25(23)36/h1-9,16-17,22H,10-15,18H2,(H,33,37). The highest BCUT2D eigenvalue weighted by Crippen LogP contribution is 2.42. The van der Waals surface area contributed by atoms with E-state index in [1.807, 2.05) is 59.5 Å². The van der Waals surface area contributed by atoms with E-state index < -0.39 is 0 Å². The summed E-state index contributed by atoms with van der Waals surface area (Å²) in [6.07, 6.45) is 2.78. The summed E-state index contributed by atoms with van der Waals surface area (Å²) in [6.45, 7) is 2.36. The summed E-state index contributed by atoms with van der Waals surface area (Å²) in [4.78, 5) is 37.3. The maximum atomic E-state index is 14.0. The van der Waals surface area contributed by atoms with Gasteiger partial charge in [-0.25, -0.2) is 4.98 Å². The molecule has 9 heteroatoms. The predicted molar refractivity (Wildman–Crippen MR) is 161 cm³/mol. The Hall–Kier alpha value is -3.69. The number of thiophene rings is 1. The van der Waals surface area contributed by atoms with Crippen molar-refractivity contribution in [2.24, 2.45) is 0 Å². The second kappa shape index (κ2) is 10.4. The normalized spacial score (nSPS) is 16.1. The van der Waals surface area contributed by atoms with Gasteiger partial charge >= 0.3 is 0 Å². The lowest BCUT2D eigenvalue weighted by molar-refractivity contribution is 0.0952. The third-order valence-corrected chi connectivity index (χ3v) is 9.22. The number of halogens is 1. The highest BCUT2D eigenvalue weighted by atomic mass is 79.9. The quantitative estimate of drug-likeness (QED) is 0.302. The number of nitrogens with zero attached hydrogens (tertiary/aromatic N) is 3. The van der Waals surface area contributed by atoms with E-state index in [0.717, 1.165) is 61.0 Å². The molecule has 0 bridgehead atoms. The SMILES string of the molecule is O=C(NC1CC1)c1cc2c(s1)-c1ccccc1N(C(=O)c1cccc(N3CCOc4cc(Br)ccc4C3)n1)CC2. The van der Waals surface area contributed by atoms with Crippen molar-refractivity contribution in [1.29, 1.82) is 0 Å². The molecule has 0 saturated heterocycles. The Labute approximate surface area is 244 Å². The summed E-state index contributed by atoms with van der Waals surface area (Å²) in [6, 6.07) is 22.0. The lowest BCUT2D eigenvalue weighted by Gasteiger charge is -2.24. The van der Waals surface area contributed by atoms with Crippen molar-refractivity contribution >= 4 is 50.6 Å². The van der Waals surface area contributed by atoms with Crippen molar-refractivity contribution in [2.45, 2.75) is 31.8 Å². The van der Waals surface area contributed by atoms with Gasteiger partial charge in [0.15, 0.2) is 0 Å². The third-order valence-electron chi connectivity index (χ3n) is 7.52. The van der Waals surface area contributed by atoms with E-state index in [0.29, 0.717) is 44.4 Å². The number of para-hydroxylation sites is 1. The molecule has 2 aromatic heterocycles. The van der Waals surface area contributed by atoms with Crippen LogP contribution in [-0.4, -0.2) is 42.5 Å². The second-order valence-corrected chi connectivity index (χ2v) is 12.3. The van der Waals surface area contributed by atoms with Gasteiger partial charge in [-0.15, -0.1) is 11.3 Å². The summed E-state index contributed by atoms with van der Waals surface area (Å²) in [7, 11) is 0. The molecule has 3 aliphatic rings. The van der Waals surface area contributed by atoms with Crippen LogP contribution in [0.25, 0.3) is 10.4 Å². The smallest absolute Gasteiger partial charge is 0.276 e. The Kier molecular flexibility index (Phi) is 6.56. The van der Waals surface area contributed by atoms with Crippen LogP contribution >= 0.6 is 27.3 Å². The minimum absolute atomic E-state index is 0.00109. The zero-order chi connectivity index (χ0) is 27.2. The number of fused-ring (bicyclic) bond motifs is 4. The van der Waals surface area contributed by atoms with Crippen molar-refractivity contribution in [2.75, 3.05) is 29.5 Å². The number of nitrogens with one attached hydrogen (secondary N) is 1. The van der Waals surface area contributed by atoms with Crippen LogP contribution in [0.5, 0.6) is 5.75 Å². The first-order chi connectivity index (χ1) is 19.5. The molecule has 4 heterocycles. The van der Waals surface area contributed by atoms with E-state index in [4.69, 9.17) is 9.72 Å². The van der Waals surface area contributed by atoms with Gasteiger partial charge in [0.25, 0.3) is 11.8 Å². The number of carbonyl (C=O) groups is 2. The molecule has 0 radical (unpaired) electrons. The molecule has 1 saturated carbocycles. The molecule has 7 rings (SSSR count). The zero-order valence-electron chi connectivity index (χ0n) is 21.7. The molecule has 2 aliphatic heterocycles. The molecule has 0 spiro atoms. The summed E-state index contributed by atoms with van der Waals surface area (Å²) >= 11 is 5.03. The average Bonchev–Trinajstić information content (AvgIpc) is 3.75. The van der Waals surface area contributed by atoms with Gasteiger partial charge < -0.3 is 19.9 Å². The molecule has 0 atom stereocenters. The van der Waals surface area contributed by atoms with Crippen molar-refractivity contribution in [3.63, 3.8) is 0 Å². The van der Waals surface area contributed by atoms with Gasteiger partial charge in [0, 0.05) is 39.6 Å². The van der Waals surface area contributed by atoms with Crippen LogP contribution in [0.15, 0.2) is 71.2 Å². The fourth-order valence-electron chi connectivity index (χ4n) is 5.30. The molecule has 0 unspecified atom stereocenters. The first kappa shape index (κ1) is 25.3. The molecule has 40 heavy (non-hydrogen) atoms.